The third-order valence-corrected chi connectivity index (χ3v) is 6.53. The second-order valence-electron chi connectivity index (χ2n) is 9.24. The van der Waals surface area contributed by atoms with Gasteiger partial charge in [-0.1, -0.05) is 64.9 Å². The molecule has 12 heteroatoms. The maximum Gasteiger partial charge on any atom is 0.422 e. The maximum absolute atomic E-state index is 13.9. The lowest BCUT2D eigenvalue weighted by Crippen LogP contribution is -2.32. The van der Waals surface area contributed by atoms with Crippen molar-refractivity contribution in [1.29, 1.82) is 0 Å². The number of aliphatic hydroxyl groups is 1. The van der Waals surface area contributed by atoms with Crippen molar-refractivity contribution in [1.82, 2.24) is 25.5 Å². The minimum absolute atomic E-state index is 0.00295. The van der Waals surface area contributed by atoms with Crippen molar-refractivity contribution in [3.63, 3.8) is 0 Å². The van der Waals surface area contributed by atoms with Crippen LogP contribution < -0.4 is 5.32 Å². The molecule has 1 saturated heterocycles. The largest absolute Gasteiger partial charge is 0.422 e. The van der Waals surface area contributed by atoms with Crippen LogP contribution in [0.4, 0.5) is 13.2 Å². The van der Waals surface area contributed by atoms with Crippen LogP contribution in [0.2, 0.25) is 0 Å². The molecule has 0 bridgehead atoms. The Morgan fingerprint density at radius 1 is 1.00 bits per heavy atom. The molecule has 0 spiro atoms. The van der Waals surface area contributed by atoms with Gasteiger partial charge in [-0.2, -0.15) is 18.2 Å². The Morgan fingerprint density at radius 3 is 2.41 bits per heavy atom. The highest BCUT2D eigenvalue weighted by Crippen LogP contribution is 2.43. The van der Waals surface area contributed by atoms with Crippen molar-refractivity contribution in [2.75, 3.05) is 26.2 Å². The van der Waals surface area contributed by atoms with Crippen molar-refractivity contribution in [2.24, 2.45) is 0 Å². The monoisotopic (exact) mass is 541 g/mol. The van der Waals surface area contributed by atoms with Gasteiger partial charge in [0.05, 0.1) is 0 Å². The molecule has 2 aromatic heterocycles. The Morgan fingerprint density at radius 2 is 1.72 bits per heavy atom. The van der Waals surface area contributed by atoms with E-state index in [0.717, 1.165) is 26.1 Å². The van der Waals surface area contributed by atoms with Crippen molar-refractivity contribution in [3.05, 3.63) is 65.7 Å². The van der Waals surface area contributed by atoms with E-state index in [4.69, 9.17) is 9.05 Å². The summed E-state index contributed by atoms with van der Waals surface area (Å²) in [6.07, 6.45) is -2.95. The molecule has 0 saturated carbocycles. The van der Waals surface area contributed by atoms with E-state index < -0.39 is 35.4 Å². The fourth-order valence-electron chi connectivity index (χ4n) is 4.51. The normalized spacial score (nSPS) is 15.0. The first-order valence-electron chi connectivity index (χ1n) is 12.6. The van der Waals surface area contributed by atoms with Gasteiger partial charge in [0.25, 0.3) is 11.8 Å². The van der Waals surface area contributed by atoms with Crippen LogP contribution in [0.1, 0.15) is 36.5 Å². The SMILES string of the molecule is O=C(NCCCN1CCCC1)[C@@H](O)c1ccc(-c2noc(-c3onc(-c4ccccc4)c3C(F)(F)F)n2)cc1. The molecule has 2 aromatic carbocycles. The van der Waals surface area contributed by atoms with Gasteiger partial charge in [-0.05, 0) is 44.5 Å². The van der Waals surface area contributed by atoms with Gasteiger partial charge in [0.1, 0.15) is 11.3 Å². The third kappa shape index (κ3) is 6.02. The van der Waals surface area contributed by atoms with Gasteiger partial charge in [0.2, 0.25) is 11.6 Å². The fraction of sp³-hybridized carbons (Fsp3) is 0.333. The molecule has 1 fully saturated rings. The number of aliphatic hydroxyl groups excluding tert-OH is 1. The first-order valence-corrected chi connectivity index (χ1v) is 12.6. The summed E-state index contributed by atoms with van der Waals surface area (Å²) in [6, 6.07) is 13.9. The highest BCUT2D eigenvalue weighted by atomic mass is 19.4. The second kappa shape index (κ2) is 11.4. The molecule has 4 aromatic rings. The average Bonchev–Trinajstić information content (AvgIpc) is 3.71. The fourth-order valence-corrected chi connectivity index (χ4v) is 4.51. The van der Waals surface area contributed by atoms with E-state index in [-0.39, 0.29) is 17.1 Å². The van der Waals surface area contributed by atoms with Crippen molar-refractivity contribution in [3.8, 4) is 34.3 Å². The van der Waals surface area contributed by atoms with Gasteiger partial charge >= 0.3 is 6.18 Å². The number of carbonyl (C=O) groups excluding carboxylic acids is 1. The molecule has 0 unspecified atom stereocenters. The molecule has 1 aliphatic rings. The van der Waals surface area contributed by atoms with Crippen LogP contribution >= 0.6 is 0 Å². The van der Waals surface area contributed by atoms with Crippen LogP contribution in [-0.2, 0) is 11.0 Å². The molecular weight excluding hydrogens is 515 g/mol. The Labute approximate surface area is 221 Å². The number of nitrogens with one attached hydrogen (secondary N) is 1. The molecule has 1 amide bonds. The zero-order chi connectivity index (χ0) is 27.4. The van der Waals surface area contributed by atoms with E-state index in [9.17, 15) is 23.1 Å². The summed E-state index contributed by atoms with van der Waals surface area (Å²) in [5.41, 5.74) is -0.520. The van der Waals surface area contributed by atoms with Crippen LogP contribution in [0.3, 0.4) is 0 Å². The molecule has 1 atom stereocenters. The van der Waals surface area contributed by atoms with E-state index >= 15 is 0 Å². The number of rotatable bonds is 9. The van der Waals surface area contributed by atoms with Gasteiger partial charge in [-0.15, -0.1) is 0 Å². The lowest BCUT2D eigenvalue weighted by Gasteiger charge is -2.15. The summed E-state index contributed by atoms with van der Waals surface area (Å²) in [7, 11) is 0. The van der Waals surface area contributed by atoms with E-state index in [1.54, 1.807) is 18.2 Å². The number of halogens is 3. The Balaban J connectivity index is 1.27. The molecule has 9 nitrogen and oxygen atoms in total. The second-order valence-corrected chi connectivity index (χ2v) is 9.24. The van der Waals surface area contributed by atoms with Gasteiger partial charge in [0.15, 0.2) is 6.10 Å². The molecule has 204 valence electrons. The van der Waals surface area contributed by atoms with Crippen LogP contribution in [0.5, 0.6) is 0 Å². The zero-order valence-corrected chi connectivity index (χ0v) is 20.8. The summed E-state index contributed by atoms with van der Waals surface area (Å²) in [5, 5.41) is 20.5. The number of nitrogens with zero attached hydrogens (tertiary/aromatic N) is 4. The molecule has 0 radical (unpaired) electrons. The number of amides is 1. The van der Waals surface area contributed by atoms with E-state index in [1.807, 2.05) is 0 Å². The van der Waals surface area contributed by atoms with Crippen LogP contribution in [0.15, 0.2) is 63.6 Å². The Hall–Kier alpha value is -4.03. The molecular formula is C27H26F3N5O4. The number of carbonyl (C=O) groups is 1. The highest BCUT2D eigenvalue weighted by Gasteiger charge is 2.43. The van der Waals surface area contributed by atoms with Crippen LogP contribution in [0, 0.1) is 0 Å². The summed E-state index contributed by atoms with van der Waals surface area (Å²) in [6.45, 7) is 3.54. The zero-order valence-electron chi connectivity index (χ0n) is 20.8. The lowest BCUT2D eigenvalue weighted by atomic mass is 10.1. The van der Waals surface area contributed by atoms with Crippen LogP contribution in [-0.4, -0.2) is 57.4 Å². The summed E-state index contributed by atoms with van der Waals surface area (Å²) in [4.78, 5) is 18.8. The number of benzene rings is 2. The van der Waals surface area contributed by atoms with Gasteiger partial charge < -0.3 is 24.4 Å². The third-order valence-electron chi connectivity index (χ3n) is 6.53. The Bertz CT molecular complexity index is 1400. The molecule has 2 N–H and O–H groups in total. The molecule has 39 heavy (non-hydrogen) atoms. The number of hydrogen-bond acceptors (Lipinski definition) is 8. The van der Waals surface area contributed by atoms with Gasteiger partial charge in [-0.25, -0.2) is 0 Å². The first-order chi connectivity index (χ1) is 18.8. The molecule has 3 heterocycles. The predicted octanol–water partition coefficient (Wildman–Crippen LogP) is 4.71. The van der Waals surface area contributed by atoms with Crippen molar-refractivity contribution in [2.45, 2.75) is 31.5 Å². The standard InChI is InChI=1S/C27H26F3N5O4/c28-27(29,30)20-21(17-7-2-1-3-8-17)33-38-23(20)26-32-24(34-39-26)19-11-9-18(10-12-19)22(36)25(37)31-13-6-16-35-14-4-5-15-35/h1-3,7-12,22,36H,4-6,13-16H2,(H,31,37)/t22-/m0/s1. The number of alkyl halides is 3. The van der Waals surface area contributed by atoms with E-state index in [1.165, 1.54) is 49.2 Å². The topological polar surface area (TPSA) is 118 Å². The molecule has 5 rings (SSSR count). The maximum atomic E-state index is 13.9. The predicted molar refractivity (Wildman–Crippen MR) is 134 cm³/mol. The summed E-state index contributed by atoms with van der Waals surface area (Å²) >= 11 is 0. The van der Waals surface area contributed by atoms with Crippen molar-refractivity contribution < 1.29 is 32.1 Å². The van der Waals surface area contributed by atoms with Gasteiger partial charge in [0, 0.05) is 17.7 Å². The number of hydrogen-bond donors (Lipinski definition) is 2. The average molecular weight is 542 g/mol. The smallest absolute Gasteiger partial charge is 0.378 e. The summed E-state index contributed by atoms with van der Waals surface area (Å²) < 4.78 is 51.9. The van der Waals surface area contributed by atoms with Crippen molar-refractivity contribution >= 4 is 5.91 Å². The quantitative estimate of drug-likeness (QED) is 0.293. The van der Waals surface area contributed by atoms with E-state index in [2.05, 4.69) is 25.5 Å². The molecule has 1 aliphatic heterocycles. The number of likely N-dealkylation sites (tertiary alicyclic amines) is 1. The lowest BCUT2D eigenvalue weighted by molar-refractivity contribution is -0.137. The van der Waals surface area contributed by atoms with Gasteiger partial charge in [-0.3, -0.25) is 4.79 Å². The first kappa shape index (κ1) is 26.6. The number of aromatic nitrogens is 3. The highest BCUT2D eigenvalue weighted by molar-refractivity contribution is 5.82. The van der Waals surface area contributed by atoms with Crippen LogP contribution in [0.25, 0.3) is 34.3 Å². The molecule has 0 aliphatic carbocycles. The van der Waals surface area contributed by atoms with E-state index in [0.29, 0.717) is 17.7 Å². The summed E-state index contributed by atoms with van der Waals surface area (Å²) in [5.74, 6) is -1.67. The Kier molecular flexibility index (Phi) is 7.75. The minimum atomic E-state index is -4.79. The minimum Gasteiger partial charge on any atom is -0.378 e.